The van der Waals surface area contributed by atoms with Crippen LogP contribution < -0.4 is 5.32 Å². The van der Waals surface area contributed by atoms with Crippen molar-refractivity contribution in [1.29, 1.82) is 0 Å². The van der Waals surface area contributed by atoms with Crippen LogP contribution >= 0.6 is 0 Å². The van der Waals surface area contributed by atoms with Gasteiger partial charge in [0.2, 0.25) is 5.91 Å². The predicted octanol–water partition coefficient (Wildman–Crippen LogP) is 4.50. The second-order valence-electron chi connectivity index (χ2n) is 7.45. The Morgan fingerprint density at radius 2 is 1.70 bits per heavy atom. The van der Waals surface area contributed by atoms with Gasteiger partial charge < -0.3 is 15.0 Å². The van der Waals surface area contributed by atoms with Crippen molar-refractivity contribution in [1.82, 2.24) is 4.90 Å². The van der Waals surface area contributed by atoms with Gasteiger partial charge in [0.05, 0.1) is 0 Å². The first-order chi connectivity index (χ1) is 13.8. The minimum Gasteiger partial charge on any atom is -0.426 e. The first-order valence-corrected chi connectivity index (χ1v) is 8.97. The van der Waals surface area contributed by atoms with E-state index in [4.69, 9.17) is 0 Å². The molecule has 1 aliphatic carbocycles. The summed E-state index contributed by atoms with van der Waals surface area (Å²) in [5.74, 6) is -1.32. The number of amides is 2. The van der Waals surface area contributed by atoms with E-state index in [0.29, 0.717) is 6.42 Å². The molecule has 3 rings (SSSR count). The average Bonchev–Trinajstić information content (AvgIpc) is 3.31. The average molecular weight is 442 g/mol. The lowest BCUT2D eigenvalue weighted by atomic mass is 9.91. The highest BCUT2D eigenvalue weighted by Gasteiger charge is 2.61. The highest BCUT2D eigenvalue weighted by atomic mass is 19.4. The number of nitrogens with one attached hydrogen (secondary N) is 1. The molecule has 2 fully saturated rings. The van der Waals surface area contributed by atoms with Crippen molar-refractivity contribution in [3.8, 4) is 0 Å². The second-order valence-corrected chi connectivity index (χ2v) is 7.45. The van der Waals surface area contributed by atoms with Gasteiger partial charge >= 0.3 is 18.4 Å². The minimum atomic E-state index is -5.78. The second kappa shape index (κ2) is 7.62. The van der Waals surface area contributed by atoms with Crippen LogP contribution in [-0.2, 0) is 9.53 Å². The zero-order valence-corrected chi connectivity index (χ0v) is 15.3. The van der Waals surface area contributed by atoms with E-state index in [1.807, 2.05) is 0 Å². The molecular formula is C18H17F7N2O3. The van der Waals surface area contributed by atoms with Crippen LogP contribution in [-0.4, -0.2) is 48.4 Å². The maximum absolute atomic E-state index is 13.2. The van der Waals surface area contributed by atoms with Crippen LogP contribution in [0.25, 0.3) is 0 Å². The van der Waals surface area contributed by atoms with E-state index >= 15 is 0 Å². The summed E-state index contributed by atoms with van der Waals surface area (Å²) in [5.41, 5.74) is -0.213. The first kappa shape index (κ1) is 22.2. The fraction of sp³-hybridized carbons (Fsp3) is 0.556. The third-order valence-corrected chi connectivity index (χ3v) is 5.43. The molecule has 166 valence electrons. The van der Waals surface area contributed by atoms with Crippen molar-refractivity contribution in [2.75, 3.05) is 18.4 Å². The molecule has 2 amide bonds. The van der Waals surface area contributed by atoms with Gasteiger partial charge in [0, 0.05) is 24.7 Å². The molecule has 0 radical (unpaired) electrons. The molecule has 1 N–H and O–H groups in total. The Morgan fingerprint density at radius 1 is 1.10 bits per heavy atom. The van der Waals surface area contributed by atoms with Crippen molar-refractivity contribution >= 4 is 17.7 Å². The van der Waals surface area contributed by atoms with Crippen LogP contribution in [0.15, 0.2) is 24.3 Å². The lowest BCUT2D eigenvalue weighted by Gasteiger charge is -2.33. The van der Waals surface area contributed by atoms with Gasteiger partial charge in [0.25, 0.3) is 6.10 Å². The summed E-state index contributed by atoms with van der Waals surface area (Å²) in [6, 6.07) is 5.29. The summed E-state index contributed by atoms with van der Waals surface area (Å²) >= 11 is 0. The third-order valence-electron chi connectivity index (χ3n) is 5.43. The molecule has 0 aromatic heterocycles. The van der Waals surface area contributed by atoms with Crippen molar-refractivity contribution in [2.24, 2.45) is 11.3 Å². The van der Waals surface area contributed by atoms with Crippen LogP contribution in [0.1, 0.15) is 19.3 Å². The molecule has 1 aromatic carbocycles. The number of rotatable bonds is 3. The fourth-order valence-electron chi connectivity index (χ4n) is 3.70. The molecule has 2 aliphatic rings. The summed E-state index contributed by atoms with van der Waals surface area (Å²) in [6.07, 6.45) is -16.5. The number of anilines is 1. The highest BCUT2D eigenvalue weighted by molar-refractivity contribution is 5.95. The van der Waals surface area contributed by atoms with Crippen molar-refractivity contribution in [3.63, 3.8) is 0 Å². The molecule has 12 heteroatoms. The zero-order valence-electron chi connectivity index (χ0n) is 15.3. The number of benzene rings is 1. The van der Waals surface area contributed by atoms with E-state index in [0.717, 1.165) is 11.0 Å². The van der Waals surface area contributed by atoms with E-state index in [9.17, 15) is 40.3 Å². The first-order valence-electron chi connectivity index (χ1n) is 8.97. The van der Waals surface area contributed by atoms with Crippen LogP contribution in [0, 0.1) is 17.2 Å². The van der Waals surface area contributed by atoms with E-state index in [1.165, 1.54) is 18.2 Å². The fourth-order valence-corrected chi connectivity index (χ4v) is 3.70. The molecule has 5 nitrogen and oxygen atoms in total. The molecule has 1 saturated carbocycles. The number of carbonyl (C=O) groups excluding carboxylic acids is 2. The van der Waals surface area contributed by atoms with Gasteiger partial charge in [-0.05, 0) is 42.9 Å². The standard InChI is InChI=1S/C18H17F7N2O3/c19-10-2-1-3-11(8-10)26-13(28)12-9-16(12)4-6-27(7-5-16)15(29)30-14(17(20,21)22)18(23,24)25/h1-3,8,12,14H,4-7,9H2,(H,26,28)/t12-/m1/s1. The number of nitrogens with zero attached hydrogens (tertiary/aromatic N) is 1. The number of piperidine rings is 1. The maximum atomic E-state index is 13.2. The number of ether oxygens (including phenoxy) is 1. The Bertz CT molecular complexity index is 803. The number of carbonyl (C=O) groups is 2. The van der Waals surface area contributed by atoms with E-state index < -0.39 is 41.7 Å². The molecule has 0 unspecified atom stereocenters. The van der Waals surface area contributed by atoms with Crippen LogP contribution in [0.3, 0.4) is 0 Å². The number of hydrogen-bond acceptors (Lipinski definition) is 3. The molecule has 1 atom stereocenters. The van der Waals surface area contributed by atoms with Gasteiger partial charge in [0.15, 0.2) is 0 Å². The molecule has 1 saturated heterocycles. The molecule has 1 aliphatic heterocycles. The summed E-state index contributed by atoms with van der Waals surface area (Å²) in [6.45, 7) is -0.268. The van der Waals surface area contributed by atoms with Crippen LogP contribution in [0.2, 0.25) is 0 Å². The Balaban J connectivity index is 1.54. The SMILES string of the molecule is O=C(Nc1cccc(F)c1)[C@H]1CC12CCN(C(=O)OC(C(F)(F)F)C(F)(F)F)CC2. The highest BCUT2D eigenvalue weighted by Crippen LogP contribution is 2.59. The summed E-state index contributed by atoms with van der Waals surface area (Å²) in [7, 11) is 0. The number of halogens is 7. The molecule has 1 aromatic rings. The van der Waals surface area contributed by atoms with Gasteiger partial charge in [-0.1, -0.05) is 6.07 Å². The van der Waals surface area contributed by atoms with Gasteiger partial charge in [0.1, 0.15) is 5.82 Å². The number of hydrogen-bond donors (Lipinski definition) is 1. The van der Waals surface area contributed by atoms with E-state index in [-0.39, 0.29) is 37.5 Å². The Labute approximate surface area is 166 Å². The topological polar surface area (TPSA) is 58.6 Å². The Morgan fingerprint density at radius 3 is 2.23 bits per heavy atom. The lowest BCUT2D eigenvalue weighted by molar-refractivity contribution is -0.308. The van der Waals surface area contributed by atoms with Gasteiger partial charge in [-0.2, -0.15) is 26.3 Å². The van der Waals surface area contributed by atoms with Gasteiger partial charge in [-0.15, -0.1) is 0 Å². The van der Waals surface area contributed by atoms with Crippen molar-refractivity contribution < 1.29 is 45.1 Å². The molecule has 30 heavy (non-hydrogen) atoms. The predicted molar refractivity (Wildman–Crippen MR) is 88.8 cm³/mol. The third kappa shape index (κ3) is 4.78. The summed E-state index contributed by atoms with van der Waals surface area (Å²) in [4.78, 5) is 24.9. The van der Waals surface area contributed by atoms with Gasteiger partial charge in [-0.25, -0.2) is 9.18 Å². The summed E-state index contributed by atoms with van der Waals surface area (Å²) < 4.78 is 92.1. The largest absolute Gasteiger partial charge is 0.434 e. The molecule has 1 heterocycles. The quantitative estimate of drug-likeness (QED) is 0.702. The van der Waals surface area contributed by atoms with E-state index in [2.05, 4.69) is 10.1 Å². The smallest absolute Gasteiger partial charge is 0.426 e. The Kier molecular flexibility index (Phi) is 5.63. The van der Waals surface area contributed by atoms with Crippen molar-refractivity contribution in [3.05, 3.63) is 30.1 Å². The van der Waals surface area contributed by atoms with Gasteiger partial charge in [-0.3, -0.25) is 4.79 Å². The zero-order chi connectivity index (χ0) is 22.3. The normalized spacial score (nSPS) is 20.9. The van der Waals surface area contributed by atoms with E-state index in [1.54, 1.807) is 0 Å². The van der Waals surface area contributed by atoms with Crippen LogP contribution in [0.4, 0.5) is 41.2 Å². The molecule has 1 spiro atoms. The summed E-state index contributed by atoms with van der Waals surface area (Å²) in [5, 5.41) is 2.58. The minimum absolute atomic E-state index is 0.134. The Hall–Kier alpha value is -2.53. The number of alkyl halides is 6. The number of likely N-dealkylation sites (tertiary alicyclic amines) is 1. The molecular weight excluding hydrogens is 425 g/mol. The maximum Gasteiger partial charge on any atom is 0.434 e. The molecule has 0 bridgehead atoms. The van der Waals surface area contributed by atoms with Crippen LogP contribution in [0.5, 0.6) is 0 Å². The van der Waals surface area contributed by atoms with Crippen molar-refractivity contribution in [2.45, 2.75) is 37.7 Å². The lowest BCUT2D eigenvalue weighted by Crippen LogP contribution is -2.49. The monoisotopic (exact) mass is 442 g/mol.